The van der Waals surface area contributed by atoms with Crippen LogP contribution in [0.2, 0.25) is 0 Å². The highest BCUT2D eigenvalue weighted by atomic mass is 79.9. The zero-order chi connectivity index (χ0) is 10.9. The Bertz CT molecular complexity index is 359. The van der Waals surface area contributed by atoms with Gasteiger partial charge < -0.3 is 9.84 Å². The van der Waals surface area contributed by atoms with Crippen LogP contribution in [0.3, 0.4) is 0 Å². The van der Waals surface area contributed by atoms with Crippen molar-refractivity contribution in [1.82, 2.24) is 0 Å². The highest BCUT2D eigenvalue weighted by molar-refractivity contribution is 9.10. The number of methoxy groups -OCH3 is 1. The molecule has 0 radical (unpaired) electrons. The number of hydrogen-bond acceptors (Lipinski definition) is 2. The molecule has 0 aliphatic heterocycles. The number of aliphatic hydroxyl groups excluding tert-OH is 1. The molecule has 0 amide bonds. The Morgan fingerprint density at radius 2 is 2.33 bits per heavy atom. The minimum atomic E-state index is -0.378. The van der Waals surface area contributed by atoms with Gasteiger partial charge in [-0.1, -0.05) is 28.1 Å². The van der Waals surface area contributed by atoms with E-state index in [2.05, 4.69) is 28.1 Å². The van der Waals surface area contributed by atoms with Crippen LogP contribution in [-0.4, -0.2) is 24.4 Å². The minimum Gasteiger partial charge on any atom is -0.393 e. The van der Waals surface area contributed by atoms with Crippen LogP contribution in [0, 0.1) is 0 Å². The minimum absolute atomic E-state index is 0.0876. The van der Waals surface area contributed by atoms with Gasteiger partial charge in [0.25, 0.3) is 0 Å². The third-order valence-corrected chi connectivity index (χ3v) is 4.03. The number of aliphatic hydroxyl groups is 1. The van der Waals surface area contributed by atoms with Gasteiger partial charge in [-0.2, -0.15) is 0 Å². The number of fused-ring (bicyclic) bond motifs is 1. The molecule has 1 aromatic carbocycles. The number of rotatable bonds is 2. The molecular weight excluding hydrogens is 256 g/mol. The predicted octanol–water partition coefficient (Wildman–Crippen LogP) is 2.32. The van der Waals surface area contributed by atoms with E-state index in [1.54, 1.807) is 7.11 Å². The molecule has 15 heavy (non-hydrogen) atoms. The van der Waals surface area contributed by atoms with E-state index in [-0.39, 0.29) is 12.2 Å². The second kappa shape index (κ2) is 4.24. The second-order valence-corrected chi connectivity index (χ2v) is 4.95. The molecule has 0 spiro atoms. The largest absolute Gasteiger partial charge is 0.393 e. The Balaban J connectivity index is 2.36. The molecule has 1 unspecified atom stereocenters. The summed E-state index contributed by atoms with van der Waals surface area (Å²) in [7, 11) is 1.68. The molecule has 3 heteroatoms. The van der Waals surface area contributed by atoms with Crippen molar-refractivity contribution in [3.8, 4) is 0 Å². The summed E-state index contributed by atoms with van der Waals surface area (Å²) in [6, 6.07) is 6.25. The first-order chi connectivity index (χ1) is 7.21. The molecule has 1 aromatic rings. The Morgan fingerprint density at radius 1 is 1.53 bits per heavy atom. The van der Waals surface area contributed by atoms with Crippen molar-refractivity contribution in [2.45, 2.75) is 24.9 Å². The molecule has 1 aliphatic carbocycles. The van der Waals surface area contributed by atoms with Gasteiger partial charge in [-0.15, -0.1) is 0 Å². The quantitative estimate of drug-likeness (QED) is 0.894. The van der Waals surface area contributed by atoms with Crippen LogP contribution < -0.4 is 0 Å². The first-order valence-electron chi connectivity index (χ1n) is 5.13. The summed E-state index contributed by atoms with van der Waals surface area (Å²) in [5.41, 5.74) is 2.27. The lowest BCUT2D eigenvalue weighted by Gasteiger charge is -2.35. The molecule has 0 saturated carbocycles. The van der Waals surface area contributed by atoms with E-state index in [4.69, 9.17) is 4.74 Å². The fourth-order valence-electron chi connectivity index (χ4n) is 2.18. The molecule has 1 aliphatic rings. The summed E-state index contributed by atoms with van der Waals surface area (Å²) >= 11 is 3.55. The van der Waals surface area contributed by atoms with Gasteiger partial charge in [-0.25, -0.2) is 0 Å². The Kier molecular flexibility index (Phi) is 3.14. The monoisotopic (exact) mass is 270 g/mol. The lowest BCUT2D eigenvalue weighted by molar-refractivity contribution is -0.0608. The predicted molar refractivity (Wildman–Crippen MR) is 63.0 cm³/mol. The standard InChI is InChI=1S/C12H15BrO2/c1-15-12(8-14)6-5-9-3-2-4-11(13)10(9)7-12/h2-4,14H,5-8H2,1H3. The Morgan fingerprint density at radius 3 is 3.00 bits per heavy atom. The smallest absolute Gasteiger partial charge is 0.0952 e. The van der Waals surface area contributed by atoms with Crippen molar-refractivity contribution >= 4 is 15.9 Å². The van der Waals surface area contributed by atoms with Crippen molar-refractivity contribution in [1.29, 1.82) is 0 Å². The van der Waals surface area contributed by atoms with Crippen molar-refractivity contribution in [2.75, 3.05) is 13.7 Å². The van der Waals surface area contributed by atoms with Gasteiger partial charge in [-0.3, -0.25) is 0 Å². The number of halogens is 1. The second-order valence-electron chi connectivity index (χ2n) is 4.10. The summed E-state index contributed by atoms with van der Waals surface area (Å²) in [5.74, 6) is 0. The third kappa shape index (κ3) is 1.96. The van der Waals surface area contributed by atoms with Crippen LogP contribution >= 0.6 is 15.9 Å². The van der Waals surface area contributed by atoms with Gasteiger partial charge in [0.05, 0.1) is 12.2 Å². The van der Waals surface area contributed by atoms with Gasteiger partial charge in [0.1, 0.15) is 0 Å². The molecule has 82 valence electrons. The Hall–Kier alpha value is -0.380. The molecule has 0 saturated heterocycles. The first kappa shape index (κ1) is 11.1. The van der Waals surface area contributed by atoms with Crippen molar-refractivity contribution in [2.24, 2.45) is 0 Å². The normalized spacial score (nSPS) is 25.0. The summed E-state index contributed by atoms with van der Waals surface area (Å²) in [4.78, 5) is 0. The van der Waals surface area contributed by atoms with Crippen molar-refractivity contribution < 1.29 is 9.84 Å². The van der Waals surface area contributed by atoms with E-state index in [1.165, 1.54) is 11.1 Å². The van der Waals surface area contributed by atoms with Gasteiger partial charge in [0, 0.05) is 18.0 Å². The zero-order valence-corrected chi connectivity index (χ0v) is 10.4. The van der Waals surface area contributed by atoms with Crippen LogP contribution in [-0.2, 0) is 17.6 Å². The maximum Gasteiger partial charge on any atom is 0.0952 e. The van der Waals surface area contributed by atoms with Crippen LogP contribution in [0.1, 0.15) is 17.5 Å². The summed E-state index contributed by atoms with van der Waals surface area (Å²) in [6.45, 7) is 0.0876. The SMILES string of the molecule is COC1(CO)CCc2cccc(Br)c2C1. The molecular formula is C12H15BrO2. The molecule has 0 bridgehead atoms. The maximum absolute atomic E-state index is 9.42. The van der Waals surface area contributed by atoms with Crippen LogP contribution in [0.5, 0.6) is 0 Å². The van der Waals surface area contributed by atoms with Crippen LogP contribution in [0.4, 0.5) is 0 Å². The number of ether oxygens (including phenoxy) is 1. The van der Waals surface area contributed by atoms with E-state index < -0.39 is 0 Å². The van der Waals surface area contributed by atoms with E-state index in [9.17, 15) is 5.11 Å². The third-order valence-electron chi connectivity index (χ3n) is 3.29. The lowest BCUT2D eigenvalue weighted by atomic mass is 9.81. The highest BCUT2D eigenvalue weighted by Crippen LogP contribution is 2.34. The molecule has 2 nitrogen and oxygen atoms in total. The van der Waals surface area contributed by atoms with Crippen LogP contribution in [0.15, 0.2) is 22.7 Å². The molecule has 1 atom stereocenters. The van der Waals surface area contributed by atoms with E-state index in [1.807, 2.05) is 6.07 Å². The molecule has 2 rings (SSSR count). The topological polar surface area (TPSA) is 29.5 Å². The average Bonchev–Trinajstić information content (AvgIpc) is 2.29. The van der Waals surface area contributed by atoms with E-state index in [0.717, 1.165) is 23.7 Å². The molecule has 0 aromatic heterocycles. The fourth-order valence-corrected chi connectivity index (χ4v) is 2.73. The van der Waals surface area contributed by atoms with Gasteiger partial charge in [0.2, 0.25) is 0 Å². The Labute approximate surface area is 98.4 Å². The molecule has 1 N–H and O–H groups in total. The van der Waals surface area contributed by atoms with E-state index >= 15 is 0 Å². The number of hydrogen-bond donors (Lipinski definition) is 1. The first-order valence-corrected chi connectivity index (χ1v) is 5.92. The lowest BCUT2D eigenvalue weighted by Crippen LogP contribution is -2.41. The van der Waals surface area contributed by atoms with E-state index in [0.29, 0.717) is 0 Å². The summed E-state index contributed by atoms with van der Waals surface area (Å²) < 4.78 is 6.59. The number of aryl methyl sites for hydroxylation is 1. The van der Waals surface area contributed by atoms with Crippen LogP contribution in [0.25, 0.3) is 0 Å². The number of benzene rings is 1. The summed E-state index contributed by atoms with van der Waals surface area (Å²) in [6.07, 6.45) is 2.66. The van der Waals surface area contributed by atoms with Gasteiger partial charge >= 0.3 is 0 Å². The fraction of sp³-hybridized carbons (Fsp3) is 0.500. The average molecular weight is 271 g/mol. The van der Waals surface area contributed by atoms with Crippen molar-refractivity contribution in [3.05, 3.63) is 33.8 Å². The maximum atomic E-state index is 9.42. The zero-order valence-electron chi connectivity index (χ0n) is 8.79. The van der Waals surface area contributed by atoms with Gasteiger partial charge in [0.15, 0.2) is 0 Å². The van der Waals surface area contributed by atoms with Gasteiger partial charge in [-0.05, 0) is 30.0 Å². The molecule has 0 heterocycles. The summed E-state index contributed by atoms with van der Waals surface area (Å²) in [5, 5.41) is 9.42. The highest BCUT2D eigenvalue weighted by Gasteiger charge is 2.34. The van der Waals surface area contributed by atoms with Crippen molar-refractivity contribution in [3.63, 3.8) is 0 Å². The molecule has 0 fully saturated rings.